The lowest BCUT2D eigenvalue weighted by Crippen LogP contribution is -2.36. The Hall–Kier alpha value is -2.63. The van der Waals surface area contributed by atoms with E-state index in [1.54, 1.807) is 11.2 Å². The van der Waals surface area contributed by atoms with E-state index in [9.17, 15) is 4.79 Å². The van der Waals surface area contributed by atoms with Crippen LogP contribution >= 0.6 is 0 Å². The molecule has 0 saturated heterocycles. The molecule has 0 aromatic carbocycles. The molecule has 6 heteroatoms. The Kier molecular flexibility index (Phi) is 3.37. The maximum atomic E-state index is 12.8. The molecular weight excluding hydrogens is 290 g/mol. The molecule has 6 nitrogen and oxygen atoms in total. The molecule has 2 aromatic heterocycles. The number of aromatic nitrogens is 3. The summed E-state index contributed by atoms with van der Waals surface area (Å²) >= 11 is 0. The molecule has 3 N–H and O–H groups in total. The fraction of sp³-hybridized carbons (Fsp3) is 0.353. The predicted molar refractivity (Wildman–Crippen MR) is 86.1 cm³/mol. The molecule has 1 aliphatic carbocycles. The third kappa shape index (κ3) is 2.60. The number of nitrogens with two attached hydrogens (primary N) is 1. The van der Waals surface area contributed by atoms with Crippen LogP contribution in [0.5, 0.6) is 0 Å². The number of carbonyl (C=O) groups excluding carboxylic acids is 1. The Balaban J connectivity index is 1.54. The zero-order valence-corrected chi connectivity index (χ0v) is 12.8. The number of nitrogens with one attached hydrogen (secondary N) is 1. The Morgan fingerprint density at radius 2 is 2.22 bits per heavy atom. The van der Waals surface area contributed by atoms with Crippen molar-refractivity contribution < 1.29 is 4.79 Å². The minimum Gasteiger partial charge on any atom is -0.404 e. The van der Waals surface area contributed by atoms with Gasteiger partial charge in [0.25, 0.3) is 5.91 Å². The quantitative estimate of drug-likeness (QED) is 0.842. The van der Waals surface area contributed by atoms with Crippen molar-refractivity contribution in [3.8, 4) is 0 Å². The molecule has 2 aromatic rings. The first kappa shape index (κ1) is 14.0. The van der Waals surface area contributed by atoms with Crippen molar-refractivity contribution in [3.05, 3.63) is 53.5 Å². The molecule has 1 fully saturated rings. The Morgan fingerprint density at radius 1 is 1.35 bits per heavy atom. The van der Waals surface area contributed by atoms with Crippen LogP contribution in [-0.2, 0) is 17.8 Å². The van der Waals surface area contributed by atoms with E-state index < -0.39 is 0 Å². The normalized spacial score (nSPS) is 17.9. The number of amides is 1. The van der Waals surface area contributed by atoms with E-state index in [1.165, 1.54) is 24.6 Å². The Labute approximate surface area is 134 Å². The van der Waals surface area contributed by atoms with Gasteiger partial charge in [-0.2, -0.15) is 0 Å². The number of rotatable bonds is 3. The number of fused-ring (bicyclic) bond motifs is 1. The maximum absolute atomic E-state index is 12.8. The minimum absolute atomic E-state index is 0.0839. The zero-order valence-electron chi connectivity index (χ0n) is 12.8. The van der Waals surface area contributed by atoms with Gasteiger partial charge < -0.3 is 15.6 Å². The summed E-state index contributed by atoms with van der Waals surface area (Å²) in [4.78, 5) is 26.4. The molecule has 1 saturated carbocycles. The van der Waals surface area contributed by atoms with Crippen LogP contribution in [0.15, 0.2) is 30.9 Å². The highest BCUT2D eigenvalue weighted by molar-refractivity contribution is 6.18. The van der Waals surface area contributed by atoms with Crippen molar-refractivity contribution >= 4 is 11.5 Å². The van der Waals surface area contributed by atoms with Gasteiger partial charge in [0.15, 0.2) is 0 Å². The van der Waals surface area contributed by atoms with Crippen LogP contribution in [0.25, 0.3) is 5.57 Å². The molecule has 1 aliphatic heterocycles. The molecule has 1 amide bonds. The van der Waals surface area contributed by atoms with Crippen molar-refractivity contribution in [2.45, 2.75) is 31.7 Å². The SMILES string of the molecule is N/C=C(/C(=O)N1CCc2nc[nH]c2C1)c1ccc(C2CC2)cn1. The van der Waals surface area contributed by atoms with E-state index in [-0.39, 0.29) is 5.91 Å². The second-order valence-electron chi connectivity index (χ2n) is 6.14. The van der Waals surface area contributed by atoms with Gasteiger partial charge in [0.2, 0.25) is 0 Å². The van der Waals surface area contributed by atoms with Crippen molar-refractivity contribution in [1.82, 2.24) is 19.9 Å². The van der Waals surface area contributed by atoms with Gasteiger partial charge >= 0.3 is 0 Å². The Morgan fingerprint density at radius 3 is 2.91 bits per heavy atom. The summed E-state index contributed by atoms with van der Waals surface area (Å²) in [7, 11) is 0. The molecule has 0 unspecified atom stereocenters. The number of pyridine rings is 1. The number of hydrogen-bond acceptors (Lipinski definition) is 4. The van der Waals surface area contributed by atoms with Crippen molar-refractivity contribution in [3.63, 3.8) is 0 Å². The van der Waals surface area contributed by atoms with Crippen LogP contribution < -0.4 is 5.73 Å². The lowest BCUT2D eigenvalue weighted by molar-refractivity contribution is -0.126. The van der Waals surface area contributed by atoms with E-state index in [0.717, 1.165) is 17.8 Å². The molecule has 118 valence electrons. The number of aromatic amines is 1. The fourth-order valence-electron chi connectivity index (χ4n) is 3.05. The largest absolute Gasteiger partial charge is 0.404 e. The lowest BCUT2D eigenvalue weighted by Gasteiger charge is -2.27. The van der Waals surface area contributed by atoms with Crippen LogP contribution in [0.2, 0.25) is 0 Å². The maximum Gasteiger partial charge on any atom is 0.257 e. The summed E-state index contributed by atoms with van der Waals surface area (Å²) in [5.41, 5.74) is 10.1. The zero-order chi connectivity index (χ0) is 15.8. The summed E-state index contributed by atoms with van der Waals surface area (Å²) in [6.45, 7) is 1.18. The van der Waals surface area contributed by atoms with E-state index in [2.05, 4.69) is 21.0 Å². The van der Waals surface area contributed by atoms with Crippen molar-refractivity contribution in [1.29, 1.82) is 0 Å². The van der Waals surface area contributed by atoms with Gasteiger partial charge in [-0.15, -0.1) is 0 Å². The fourth-order valence-corrected chi connectivity index (χ4v) is 3.05. The standard InChI is InChI=1S/C17H19N5O/c18-7-13(14-4-3-12(8-19-14)11-1-2-11)17(23)22-6-5-15-16(9-22)21-10-20-15/h3-4,7-8,10-11H,1-2,5-6,9,18H2,(H,20,21)/b13-7+. The van der Waals surface area contributed by atoms with Gasteiger partial charge in [0, 0.05) is 25.4 Å². The van der Waals surface area contributed by atoms with Crippen molar-refractivity contribution in [2.24, 2.45) is 5.73 Å². The average molecular weight is 309 g/mol. The molecular formula is C17H19N5O. The smallest absolute Gasteiger partial charge is 0.257 e. The van der Waals surface area contributed by atoms with Crippen molar-refractivity contribution in [2.75, 3.05) is 6.54 Å². The second kappa shape index (κ2) is 5.53. The molecule has 4 rings (SSSR count). The highest BCUT2D eigenvalue weighted by atomic mass is 16.2. The molecule has 0 spiro atoms. The first-order chi connectivity index (χ1) is 11.3. The topological polar surface area (TPSA) is 87.9 Å². The predicted octanol–water partition coefficient (Wildman–Crippen LogP) is 1.57. The number of H-pyrrole nitrogens is 1. The summed E-state index contributed by atoms with van der Waals surface area (Å²) in [6.07, 6.45) is 8.14. The third-order valence-corrected chi connectivity index (χ3v) is 4.57. The summed E-state index contributed by atoms with van der Waals surface area (Å²) in [5.74, 6) is 0.567. The molecule has 0 radical (unpaired) electrons. The summed E-state index contributed by atoms with van der Waals surface area (Å²) in [5, 5.41) is 0. The van der Waals surface area contributed by atoms with Crippen LogP contribution in [0.4, 0.5) is 0 Å². The number of imidazole rings is 1. The monoisotopic (exact) mass is 309 g/mol. The third-order valence-electron chi connectivity index (χ3n) is 4.57. The van der Waals surface area contributed by atoms with Gasteiger partial charge in [-0.05, 0) is 30.4 Å². The molecule has 2 aliphatic rings. The second-order valence-corrected chi connectivity index (χ2v) is 6.14. The van der Waals surface area contributed by atoms with E-state index in [0.29, 0.717) is 30.3 Å². The average Bonchev–Trinajstić information content (AvgIpc) is 3.33. The van der Waals surface area contributed by atoms with Gasteiger partial charge in [-0.3, -0.25) is 9.78 Å². The van der Waals surface area contributed by atoms with Crippen LogP contribution in [-0.4, -0.2) is 32.3 Å². The first-order valence-corrected chi connectivity index (χ1v) is 7.95. The number of nitrogens with zero attached hydrogens (tertiary/aromatic N) is 3. The summed E-state index contributed by atoms with van der Waals surface area (Å²) < 4.78 is 0. The molecule has 0 bridgehead atoms. The first-order valence-electron chi connectivity index (χ1n) is 7.95. The molecule has 3 heterocycles. The van der Waals surface area contributed by atoms with Crippen LogP contribution in [0.1, 0.15) is 41.4 Å². The van der Waals surface area contributed by atoms with E-state index >= 15 is 0 Å². The lowest BCUT2D eigenvalue weighted by atomic mass is 10.1. The Bertz CT molecular complexity index is 758. The highest BCUT2D eigenvalue weighted by Gasteiger charge is 2.27. The highest BCUT2D eigenvalue weighted by Crippen LogP contribution is 2.39. The number of carbonyl (C=O) groups is 1. The van der Waals surface area contributed by atoms with E-state index in [1.807, 2.05) is 12.3 Å². The minimum atomic E-state index is -0.0839. The molecule has 0 atom stereocenters. The van der Waals surface area contributed by atoms with Crippen LogP contribution in [0.3, 0.4) is 0 Å². The van der Waals surface area contributed by atoms with Gasteiger partial charge in [0.1, 0.15) is 0 Å². The van der Waals surface area contributed by atoms with Gasteiger partial charge in [-0.1, -0.05) is 6.07 Å². The van der Waals surface area contributed by atoms with E-state index in [4.69, 9.17) is 5.73 Å². The van der Waals surface area contributed by atoms with Gasteiger partial charge in [0.05, 0.1) is 35.5 Å². The summed E-state index contributed by atoms with van der Waals surface area (Å²) in [6, 6.07) is 3.95. The molecule has 23 heavy (non-hydrogen) atoms. The number of hydrogen-bond donors (Lipinski definition) is 2. The van der Waals surface area contributed by atoms with Crippen LogP contribution in [0, 0.1) is 0 Å². The van der Waals surface area contributed by atoms with Gasteiger partial charge in [-0.25, -0.2) is 4.98 Å².